The smallest absolute Gasteiger partial charge is 0.335 e. The Labute approximate surface area is 226 Å². The summed E-state index contributed by atoms with van der Waals surface area (Å²) < 4.78 is 12.0. The quantitative estimate of drug-likeness (QED) is 0.208. The topological polar surface area (TPSA) is 84.9 Å². The molecule has 0 bridgehead atoms. The number of nitrogens with zero attached hydrogens (tertiary/aromatic N) is 1. The van der Waals surface area contributed by atoms with Crippen LogP contribution in [-0.2, 0) is 22.6 Å². The number of barbiturate groups is 1. The number of anilines is 1. The van der Waals surface area contributed by atoms with Gasteiger partial charge in [0.1, 0.15) is 12.2 Å². The van der Waals surface area contributed by atoms with Crippen molar-refractivity contribution in [3.05, 3.63) is 106 Å². The van der Waals surface area contributed by atoms with Gasteiger partial charge in [-0.3, -0.25) is 14.9 Å². The molecule has 0 saturated carbocycles. The lowest BCUT2D eigenvalue weighted by molar-refractivity contribution is -0.122. The van der Waals surface area contributed by atoms with Crippen LogP contribution in [0.15, 0.2) is 78.9 Å². The molecule has 0 aromatic heterocycles. The number of urea groups is 1. The van der Waals surface area contributed by atoms with Crippen molar-refractivity contribution in [2.24, 2.45) is 0 Å². The fourth-order valence-electron chi connectivity index (χ4n) is 4.11. The van der Waals surface area contributed by atoms with Crippen LogP contribution in [0.3, 0.4) is 0 Å². The lowest BCUT2D eigenvalue weighted by Crippen LogP contribution is -2.54. The average Bonchev–Trinajstić information content (AvgIpc) is 2.89. The molecule has 3 aromatic carbocycles. The van der Waals surface area contributed by atoms with Crippen LogP contribution in [-0.4, -0.2) is 24.5 Å². The summed E-state index contributed by atoms with van der Waals surface area (Å²) in [5.74, 6) is -0.513. The number of hydrogen-bond donors (Lipinski definition) is 1. The number of nitrogens with one attached hydrogen (secondary N) is 1. The van der Waals surface area contributed by atoms with E-state index in [2.05, 4.69) is 11.9 Å². The normalized spacial score (nSPS) is 14.4. The molecule has 1 aliphatic rings. The van der Waals surface area contributed by atoms with Gasteiger partial charge in [0.05, 0.1) is 12.3 Å². The Morgan fingerprint density at radius 1 is 1.03 bits per heavy atom. The fourth-order valence-corrected chi connectivity index (χ4v) is 4.28. The van der Waals surface area contributed by atoms with Crippen LogP contribution in [0.25, 0.3) is 6.08 Å². The van der Waals surface area contributed by atoms with E-state index < -0.39 is 17.8 Å². The Bertz CT molecular complexity index is 1430. The van der Waals surface area contributed by atoms with Gasteiger partial charge >= 0.3 is 6.03 Å². The van der Waals surface area contributed by atoms with Crippen molar-refractivity contribution in [1.82, 2.24) is 5.32 Å². The highest BCUT2D eigenvalue weighted by Gasteiger charge is 2.37. The molecule has 0 spiro atoms. The molecule has 1 aliphatic heterocycles. The van der Waals surface area contributed by atoms with E-state index >= 15 is 0 Å². The lowest BCUT2D eigenvalue weighted by atomic mass is 10.0. The molecule has 194 valence electrons. The number of carbonyl (C=O) groups is 3. The van der Waals surface area contributed by atoms with Crippen molar-refractivity contribution < 1.29 is 23.9 Å². The number of ether oxygens (including phenoxy) is 2. The Hall–Kier alpha value is -4.36. The molecule has 8 heteroatoms. The molecule has 4 rings (SSSR count). The third-order valence-corrected chi connectivity index (χ3v) is 6.35. The van der Waals surface area contributed by atoms with Crippen LogP contribution in [0.4, 0.5) is 10.5 Å². The summed E-state index contributed by atoms with van der Waals surface area (Å²) in [7, 11) is 0. The van der Waals surface area contributed by atoms with E-state index in [9.17, 15) is 14.4 Å². The van der Waals surface area contributed by atoms with Crippen molar-refractivity contribution in [3.8, 4) is 11.5 Å². The Balaban J connectivity index is 1.74. The first kappa shape index (κ1) is 26.7. The molecule has 3 aromatic rings. The number of rotatable bonds is 9. The molecule has 1 fully saturated rings. The summed E-state index contributed by atoms with van der Waals surface area (Å²) in [6, 6.07) is 17.3. The van der Waals surface area contributed by atoms with E-state index in [1.54, 1.807) is 37.3 Å². The van der Waals surface area contributed by atoms with Gasteiger partial charge < -0.3 is 9.47 Å². The summed E-state index contributed by atoms with van der Waals surface area (Å²) in [6.45, 7) is 8.11. The Kier molecular flexibility index (Phi) is 8.28. The lowest BCUT2D eigenvalue weighted by Gasteiger charge is -2.27. The molecule has 7 nitrogen and oxygen atoms in total. The number of halogens is 1. The molecular formula is C30H27ClN2O5. The molecule has 1 N–H and O–H groups in total. The zero-order valence-electron chi connectivity index (χ0n) is 21.1. The minimum atomic E-state index is -0.838. The maximum atomic E-state index is 13.4. The minimum absolute atomic E-state index is 0.200. The summed E-state index contributed by atoms with van der Waals surface area (Å²) in [6.07, 6.45) is 3.64. The van der Waals surface area contributed by atoms with E-state index in [-0.39, 0.29) is 5.57 Å². The van der Waals surface area contributed by atoms with Crippen LogP contribution < -0.4 is 19.7 Å². The number of hydrogen-bond acceptors (Lipinski definition) is 5. The van der Waals surface area contributed by atoms with Gasteiger partial charge in [-0.15, -0.1) is 6.58 Å². The van der Waals surface area contributed by atoms with Crippen molar-refractivity contribution in [3.63, 3.8) is 0 Å². The predicted molar refractivity (Wildman–Crippen MR) is 147 cm³/mol. The summed E-state index contributed by atoms with van der Waals surface area (Å²) in [4.78, 5) is 39.7. The largest absolute Gasteiger partial charge is 0.490 e. The third kappa shape index (κ3) is 5.63. The zero-order chi connectivity index (χ0) is 27.2. The van der Waals surface area contributed by atoms with Crippen LogP contribution in [0.5, 0.6) is 11.5 Å². The Morgan fingerprint density at radius 3 is 2.50 bits per heavy atom. The van der Waals surface area contributed by atoms with Gasteiger partial charge in [0.15, 0.2) is 11.5 Å². The first-order valence-corrected chi connectivity index (χ1v) is 12.5. The molecule has 0 aliphatic carbocycles. The van der Waals surface area contributed by atoms with Gasteiger partial charge in [-0.2, -0.15) is 0 Å². The number of allylic oxidation sites excluding steroid dienone is 1. The van der Waals surface area contributed by atoms with E-state index in [0.717, 1.165) is 16.0 Å². The third-order valence-electron chi connectivity index (χ3n) is 5.94. The van der Waals surface area contributed by atoms with Crippen LogP contribution in [0, 0.1) is 6.92 Å². The molecule has 0 radical (unpaired) electrons. The van der Waals surface area contributed by atoms with Gasteiger partial charge in [0, 0.05) is 10.6 Å². The summed E-state index contributed by atoms with van der Waals surface area (Å²) in [5, 5.41) is 2.64. The number of amides is 4. The molecule has 0 unspecified atom stereocenters. The van der Waals surface area contributed by atoms with Crippen LogP contribution in [0.1, 0.15) is 29.2 Å². The van der Waals surface area contributed by atoms with E-state index in [1.807, 2.05) is 43.3 Å². The monoisotopic (exact) mass is 530 g/mol. The van der Waals surface area contributed by atoms with Gasteiger partial charge in [0.25, 0.3) is 11.8 Å². The highest BCUT2D eigenvalue weighted by molar-refractivity contribution is 6.40. The maximum absolute atomic E-state index is 13.4. The zero-order valence-corrected chi connectivity index (χ0v) is 21.9. The van der Waals surface area contributed by atoms with Crippen LogP contribution in [0.2, 0.25) is 5.02 Å². The molecular weight excluding hydrogens is 504 g/mol. The Morgan fingerprint density at radius 2 is 1.79 bits per heavy atom. The van der Waals surface area contributed by atoms with Gasteiger partial charge in [-0.1, -0.05) is 54.1 Å². The van der Waals surface area contributed by atoms with Gasteiger partial charge in [0.2, 0.25) is 0 Å². The maximum Gasteiger partial charge on any atom is 0.335 e. The van der Waals surface area contributed by atoms with Crippen LogP contribution >= 0.6 is 11.6 Å². The second-order valence-corrected chi connectivity index (χ2v) is 8.96. The van der Waals surface area contributed by atoms with Gasteiger partial charge in [-0.05, 0) is 67.3 Å². The SMILES string of the molecule is C=CCc1cc(/C=C2\C(=O)NC(=O)N(c3cccc(Cl)c3C)C2=O)cc(OCC)c1OCc1ccccc1. The average molecular weight is 531 g/mol. The first-order chi connectivity index (χ1) is 18.3. The number of benzene rings is 3. The molecule has 0 atom stereocenters. The predicted octanol–water partition coefficient (Wildman–Crippen LogP) is 6.02. The molecule has 4 amide bonds. The second kappa shape index (κ2) is 11.8. The van der Waals surface area contributed by atoms with Crippen molar-refractivity contribution in [2.75, 3.05) is 11.5 Å². The first-order valence-electron chi connectivity index (χ1n) is 12.1. The van der Waals surface area contributed by atoms with Gasteiger partial charge in [-0.25, -0.2) is 9.69 Å². The van der Waals surface area contributed by atoms with Crippen molar-refractivity contribution in [1.29, 1.82) is 0 Å². The minimum Gasteiger partial charge on any atom is -0.490 e. The highest BCUT2D eigenvalue weighted by Crippen LogP contribution is 2.36. The summed E-state index contributed by atoms with van der Waals surface area (Å²) >= 11 is 6.21. The molecule has 38 heavy (non-hydrogen) atoms. The molecule has 1 saturated heterocycles. The highest BCUT2D eigenvalue weighted by atomic mass is 35.5. The van der Waals surface area contributed by atoms with E-state index in [4.69, 9.17) is 21.1 Å². The van der Waals surface area contributed by atoms with Crippen molar-refractivity contribution in [2.45, 2.75) is 26.9 Å². The molecule has 1 heterocycles. The standard InChI is InChI=1S/C30H27ClN2O5/c1-4-10-22-15-21(17-26(37-5-2)27(22)38-18-20-11-7-6-8-12-20)16-23-28(34)32-30(36)33(29(23)35)25-14-9-13-24(31)19(25)3/h4,6-9,11-17H,1,5,10,18H2,2-3H3,(H,32,34,36)/b23-16+. The second-order valence-electron chi connectivity index (χ2n) is 8.55. The summed E-state index contributed by atoms with van der Waals surface area (Å²) in [5.41, 5.74) is 2.94. The number of imide groups is 2. The van der Waals surface area contributed by atoms with Crippen molar-refractivity contribution >= 4 is 41.2 Å². The number of carbonyl (C=O) groups excluding carboxylic acids is 3. The van der Waals surface area contributed by atoms with E-state index in [1.165, 1.54) is 6.08 Å². The fraction of sp³-hybridized carbons (Fsp3) is 0.167. The van der Waals surface area contributed by atoms with E-state index in [0.29, 0.717) is 53.0 Å².